The van der Waals surface area contributed by atoms with Gasteiger partial charge in [-0.15, -0.1) is 0 Å². The Kier molecular flexibility index (Phi) is 5.30. The second-order valence-corrected chi connectivity index (χ2v) is 8.33. The first-order valence-electron chi connectivity index (χ1n) is 8.63. The van der Waals surface area contributed by atoms with E-state index in [4.69, 9.17) is 0 Å². The van der Waals surface area contributed by atoms with Crippen LogP contribution in [-0.2, 0) is 14.8 Å². The average molecular weight is 382 g/mol. The minimum absolute atomic E-state index is 0.228. The number of hydrogen-bond donors (Lipinski definition) is 2. The van der Waals surface area contributed by atoms with Crippen LogP contribution in [0, 0.1) is 20.8 Å². The highest BCUT2D eigenvalue weighted by atomic mass is 32.2. The SMILES string of the molecule is Cc1cc(C)c(S(=O)(=O)NCC(=O)Nc2cccc3ccccc23)c(C)c1. The maximum Gasteiger partial charge on any atom is 0.241 e. The lowest BCUT2D eigenvalue weighted by Gasteiger charge is -2.13. The van der Waals surface area contributed by atoms with Crippen molar-refractivity contribution in [3.05, 3.63) is 71.3 Å². The number of rotatable bonds is 5. The van der Waals surface area contributed by atoms with Gasteiger partial charge in [-0.25, -0.2) is 13.1 Å². The zero-order valence-corrected chi connectivity index (χ0v) is 16.4. The van der Waals surface area contributed by atoms with Gasteiger partial charge in [-0.3, -0.25) is 4.79 Å². The lowest BCUT2D eigenvalue weighted by Crippen LogP contribution is -2.33. The lowest BCUT2D eigenvalue weighted by atomic mass is 10.1. The second kappa shape index (κ2) is 7.50. The minimum Gasteiger partial charge on any atom is -0.324 e. The van der Waals surface area contributed by atoms with Crippen molar-refractivity contribution in [1.82, 2.24) is 4.72 Å². The molecule has 1 amide bonds. The van der Waals surface area contributed by atoms with E-state index in [1.807, 2.05) is 55.5 Å². The molecule has 2 N–H and O–H groups in total. The Morgan fingerprint density at radius 2 is 1.56 bits per heavy atom. The fourth-order valence-corrected chi connectivity index (χ4v) is 4.78. The summed E-state index contributed by atoms with van der Waals surface area (Å²) in [6.45, 7) is 5.09. The topological polar surface area (TPSA) is 75.3 Å². The van der Waals surface area contributed by atoms with Gasteiger partial charge < -0.3 is 5.32 Å². The summed E-state index contributed by atoms with van der Waals surface area (Å²) < 4.78 is 27.7. The molecular formula is C21H22N2O3S. The lowest BCUT2D eigenvalue weighted by molar-refractivity contribution is -0.115. The van der Waals surface area contributed by atoms with Crippen LogP contribution in [0.15, 0.2) is 59.5 Å². The zero-order chi connectivity index (χ0) is 19.6. The Labute approximate surface area is 159 Å². The van der Waals surface area contributed by atoms with Gasteiger partial charge in [-0.2, -0.15) is 0 Å². The van der Waals surface area contributed by atoms with Gasteiger partial charge in [-0.05, 0) is 43.4 Å². The molecule has 0 spiro atoms. The van der Waals surface area contributed by atoms with E-state index < -0.39 is 15.9 Å². The molecule has 0 heterocycles. The third kappa shape index (κ3) is 4.18. The molecule has 3 aromatic rings. The van der Waals surface area contributed by atoms with E-state index in [0.717, 1.165) is 16.3 Å². The first-order valence-corrected chi connectivity index (χ1v) is 10.1. The van der Waals surface area contributed by atoms with Crippen molar-refractivity contribution in [2.75, 3.05) is 11.9 Å². The Bertz CT molecular complexity index is 1090. The molecule has 0 atom stereocenters. The van der Waals surface area contributed by atoms with E-state index in [9.17, 15) is 13.2 Å². The maximum absolute atomic E-state index is 12.7. The molecular weight excluding hydrogens is 360 g/mol. The number of nitrogens with one attached hydrogen (secondary N) is 2. The number of carbonyl (C=O) groups is 1. The average Bonchev–Trinajstić information content (AvgIpc) is 2.59. The molecule has 0 aliphatic rings. The van der Waals surface area contributed by atoms with Gasteiger partial charge in [-0.1, -0.05) is 54.1 Å². The fraction of sp³-hybridized carbons (Fsp3) is 0.190. The molecule has 3 rings (SSSR count). The molecule has 0 saturated carbocycles. The summed E-state index contributed by atoms with van der Waals surface area (Å²) in [4.78, 5) is 12.5. The van der Waals surface area contributed by atoms with Crippen molar-refractivity contribution < 1.29 is 13.2 Å². The summed E-state index contributed by atoms with van der Waals surface area (Å²) in [6, 6.07) is 16.9. The first kappa shape index (κ1) is 19.1. The van der Waals surface area contributed by atoms with Crippen LogP contribution in [0.4, 0.5) is 5.69 Å². The van der Waals surface area contributed by atoms with Crippen molar-refractivity contribution in [2.45, 2.75) is 25.7 Å². The first-order chi connectivity index (χ1) is 12.8. The van der Waals surface area contributed by atoms with Gasteiger partial charge in [0.25, 0.3) is 0 Å². The largest absolute Gasteiger partial charge is 0.324 e. The van der Waals surface area contributed by atoms with Gasteiger partial charge in [0.15, 0.2) is 0 Å². The van der Waals surface area contributed by atoms with Crippen molar-refractivity contribution in [2.24, 2.45) is 0 Å². The van der Waals surface area contributed by atoms with E-state index >= 15 is 0 Å². The Hall–Kier alpha value is -2.70. The molecule has 6 heteroatoms. The fourth-order valence-electron chi connectivity index (χ4n) is 3.35. The van der Waals surface area contributed by atoms with E-state index in [0.29, 0.717) is 16.8 Å². The molecule has 140 valence electrons. The number of amides is 1. The number of sulfonamides is 1. The van der Waals surface area contributed by atoms with E-state index in [-0.39, 0.29) is 11.4 Å². The number of aryl methyl sites for hydroxylation is 3. The van der Waals surface area contributed by atoms with E-state index in [1.165, 1.54) is 0 Å². The van der Waals surface area contributed by atoms with Gasteiger partial charge in [0, 0.05) is 11.1 Å². The molecule has 27 heavy (non-hydrogen) atoms. The molecule has 5 nitrogen and oxygen atoms in total. The number of fused-ring (bicyclic) bond motifs is 1. The number of benzene rings is 3. The summed E-state index contributed by atoms with van der Waals surface area (Å²) in [6.07, 6.45) is 0. The monoisotopic (exact) mass is 382 g/mol. The van der Waals surface area contributed by atoms with E-state index in [2.05, 4.69) is 10.0 Å². The van der Waals surface area contributed by atoms with E-state index in [1.54, 1.807) is 19.9 Å². The summed E-state index contributed by atoms with van der Waals surface area (Å²) in [5.74, 6) is -0.419. The molecule has 0 fully saturated rings. The zero-order valence-electron chi connectivity index (χ0n) is 15.5. The smallest absolute Gasteiger partial charge is 0.241 e. The van der Waals surface area contributed by atoms with Crippen molar-refractivity contribution >= 4 is 32.4 Å². The highest BCUT2D eigenvalue weighted by molar-refractivity contribution is 7.89. The molecule has 3 aromatic carbocycles. The summed E-state index contributed by atoms with van der Waals surface area (Å²) in [5.41, 5.74) is 2.97. The van der Waals surface area contributed by atoms with Crippen molar-refractivity contribution in [1.29, 1.82) is 0 Å². The summed E-state index contributed by atoms with van der Waals surface area (Å²) in [5, 5.41) is 4.69. The third-order valence-corrected chi connectivity index (χ3v) is 6.07. The van der Waals surface area contributed by atoms with Gasteiger partial charge in [0.1, 0.15) is 0 Å². The van der Waals surface area contributed by atoms with Gasteiger partial charge >= 0.3 is 0 Å². The van der Waals surface area contributed by atoms with Crippen LogP contribution in [0.5, 0.6) is 0 Å². The molecule has 0 bridgehead atoms. The van der Waals surface area contributed by atoms with Crippen LogP contribution < -0.4 is 10.0 Å². The van der Waals surface area contributed by atoms with Crippen LogP contribution in [0.25, 0.3) is 10.8 Å². The predicted octanol–water partition coefficient (Wildman–Crippen LogP) is 3.68. The number of anilines is 1. The Balaban J connectivity index is 1.75. The van der Waals surface area contributed by atoms with Crippen LogP contribution in [0.2, 0.25) is 0 Å². The summed E-state index contributed by atoms with van der Waals surface area (Å²) >= 11 is 0. The molecule has 0 aliphatic heterocycles. The molecule has 0 aromatic heterocycles. The van der Waals surface area contributed by atoms with Crippen LogP contribution in [-0.4, -0.2) is 20.9 Å². The van der Waals surface area contributed by atoms with Crippen LogP contribution >= 0.6 is 0 Å². The molecule has 0 saturated heterocycles. The van der Waals surface area contributed by atoms with Crippen molar-refractivity contribution in [3.63, 3.8) is 0 Å². The minimum atomic E-state index is -3.78. The molecule has 0 unspecified atom stereocenters. The predicted molar refractivity (Wildman–Crippen MR) is 108 cm³/mol. The number of carbonyl (C=O) groups excluding carboxylic acids is 1. The maximum atomic E-state index is 12.7. The quantitative estimate of drug-likeness (QED) is 0.707. The molecule has 0 radical (unpaired) electrons. The molecule has 0 aliphatic carbocycles. The second-order valence-electron chi connectivity index (χ2n) is 6.63. The standard InChI is InChI=1S/C21H22N2O3S/c1-14-11-15(2)21(16(3)12-14)27(25,26)22-13-20(24)23-19-10-6-8-17-7-4-5-9-18(17)19/h4-12,22H,13H2,1-3H3,(H,23,24). The van der Waals surface area contributed by atoms with Gasteiger partial charge in [0.05, 0.1) is 11.4 Å². The summed E-state index contributed by atoms with van der Waals surface area (Å²) in [7, 11) is -3.78. The number of hydrogen-bond acceptors (Lipinski definition) is 3. The highest BCUT2D eigenvalue weighted by Crippen LogP contribution is 2.23. The van der Waals surface area contributed by atoms with Crippen LogP contribution in [0.1, 0.15) is 16.7 Å². The Morgan fingerprint density at radius 1 is 0.926 bits per heavy atom. The third-order valence-electron chi connectivity index (χ3n) is 4.36. The normalized spacial score (nSPS) is 11.5. The van der Waals surface area contributed by atoms with Gasteiger partial charge in [0.2, 0.25) is 15.9 Å². The van der Waals surface area contributed by atoms with Crippen molar-refractivity contribution in [3.8, 4) is 0 Å². The van der Waals surface area contributed by atoms with Crippen LogP contribution in [0.3, 0.4) is 0 Å². The highest BCUT2D eigenvalue weighted by Gasteiger charge is 2.20. The Morgan fingerprint density at radius 3 is 2.26 bits per heavy atom.